The van der Waals surface area contributed by atoms with Crippen molar-refractivity contribution >= 4 is 22.7 Å². The van der Waals surface area contributed by atoms with Gasteiger partial charge in [0.05, 0.1) is 0 Å². The molecule has 1 aromatic heterocycles. The Morgan fingerprint density at radius 2 is 1.83 bits per heavy atom. The molecule has 0 bridgehead atoms. The maximum atomic E-state index is 12.5. The molecule has 4 rings (SSSR count). The topological polar surface area (TPSA) is 55.1 Å². The van der Waals surface area contributed by atoms with Crippen LogP contribution in [0.5, 0.6) is 0 Å². The van der Waals surface area contributed by atoms with Gasteiger partial charge in [0.15, 0.2) is 5.58 Å². The molecule has 1 atom stereocenters. The van der Waals surface area contributed by atoms with Gasteiger partial charge in [-0.1, -0.05) is 38.1 Å². The minimum absolute atomic E-state index is 0.115. The van der Waals surface area contributed by atoms with Gasteiger partial charge in [-0.05, 0) is 72.9 Å². The molecule has 1 heterocycles. The number of benzene rings is 3. The highest BCUT2D eigenvalue weighted by Gasteiger charge is 2.12. The number of carbonyl (C=O) groups excluding carboxylic acids is 1. The number of hydrogen-bond donors (Lipinski definition) is 1. The number of aryl methyl sites for hydroxylation is 1. The van der Waals surface area contributed by atoms with Crippen LogP contribution in [0.4, 0.5) is 5.69 Å². The summed E-state index contributed by atoms with van der Waals surface area (Å²) in [7, 11) is 0. The third-order valence-corrected chi connectivity index (χ3v) is 5.37. The summed E-state index contributed by atoms with van der Waals surface area (Å²) < 4.78 is 5.93. The molecule has 0 saturated carbocycles. The largest absolute Gasteiger partial charge is 0.436 e. The van der Waals surface area contributed by atoms with Crippen LogP contribution in [-0.4, -0.2) is 10.9 Å². The van der Waals surface area contributed by atoms with Gasteiger partial charge in [0.25, 0.3) is 5.91 Å². The standard InChI is InChI=1S/C25H24N2O2/c1-4-16(2)19-11-14-23-22(15-19)27-25(29-23)18-9-12-20(13-10-18)26-24(28)21-8-6-5-7-17(21)3/h5-16H,4H2,1-3H3,(H,26,28). The maximum absolute atomic E-state index is 12.5. The van der Waals surface area contributed by atoms with Crippen molar-refractivity contribution < 1.29 is 9.21 Å². The molecule has 146 valence electrons. The van der Waals surface area contributed by atoms with Gasteiger partial charge in [-0.3, -0.25) is 4.79 Å². The van der Waals surface area contributed by atoms with Crippen molar-refractivity contribution in [1.82, 2.24) is 4.98 Å². The van der Waals surface area contributed by atoms with E-state index in [0.29, 0.717) is 17.4 Å². The highest BCUT2D eigenvalue weighted by molar-refractivity contribution is 6.05. The fourth-order valence-corrected chi connectivity index (χ4v) is 3.33. The Balaban J connectivity index is 1.54. The van der Waals surface area contributed by atoms with Crippen LogP contribution in [0.1, 0.15) is 47.7 Å². The molecule has 1 amide bonds. The molecule has 0 radical (unpaired) electrons. The lowest BCUT2D eigenvalue weighted by molar-refractivity contribution is 0.102. The molecule has 0 aliphatic heterocycles. The van der Waals surface area contributed by atoms with Crippen LogP contribution in [0.25, 0.3) is 22.6 Å². The van der Waals surface area contributed by atoms with Crippen molar-refractivity contribution in [2.24, 2.45) is 0 Å². The number of hydrogen-bond acceptors (Lipinski definition) is 3. The van der Waals surface area contributed by atoms with E-state index >= 15 is 0 Å². The molecule has 3 aromatic carbocycles. The number of anilines is 1. The third-order valence-electron chi connectivity index (χ3n) is 5.37. The van der Waals surface area contributed by atoms with Crippen molar-refractivity contribution in [2.45, 2.75) is 33.1 Å². The van der Waals surface area contributed by atoms with Crippen LogP contribution in [0.2, 0.25) is 0 Å². The summed E-state index contributed by atoms with van der Waals surface area (Å²) >= 11 is 0. The Hall–Kier alpha value is -3.40. The second-order valence-electron chi connectivity index (χ2n) is 7.40. The second-order valence-corrected chi connectivity index (χ2v) is 7.40. The van der Waals surface area contributed by atoms with Crippen LogP contribution in [0.15, 0.2) is 71.1 Å². The Morgan fingerprint density at radius 3 is 2.55 bits per heavy atom. The van der Waals surface area contributed by atoms with E-state index in [-0.39, 0.29) is 5.91 Å². The van der Waals surface area contributed by atoms with Gasteiger partial charge in [-0.15, -0.1) is 0 Å². The number of rotatable bonds is 5. The quantitative estimate of drug-likeness (QED) is 0.423. The average molecular weight is 384 g/mol. The number of aromatic nitrogens is 1. The zero-order chi connectivity index (χ0) is 20.4. The molecule has 29 heavy (non-hydrogen) atoms. The summed E-state index contributed by atoms with van der Waals surface area (Å²) in [6.45, 7) is 6.33. The molecule has 0 spiro atoms. The Bertz CT molecular complexity index is 1160. The van der Waals surface area contributed by atoms with Crippen molar-refractivity contribution in [1.29, 1.82) is 0 Å². The van der Waals surface area contributed by atoms with Crippen molar-refractivity contribution in [3.63, 3.8) is 0 Å². The van der Waals surface area contributed by atoms with Gasteiger partial charge in [0.2, 0.25) is 5.89 Å². The summed E-state index contributed by atoms with van der Waals surface area (Å²) in [6.07, 6.45) is 1.09. The van der Waals surface area contributed by atoms with Gasteiger partial charge >= 0.3 is 0 Å². The normalized spacial score (nSPS) is 12.1. The monoisotopic (exact) mass is 384 g/mol. The van der Waals surface area contributed by atoms with Crippen LogP contribution in [0.3, 0.4) is 0 Å². The van der Waals surface area contributed by atoms with E-state index in [4.69, 9.17) is 4.42 Å². The smallest absolute Gasteiger partial charge is 0.255 e. The number of nitrogens with zero attached hydrogens (tertiary/aromatic N) is 1. The van der Waals surface area contributed by atoms with Gasteiger partial charge < -0.3 is 9.73 Å². The molecular weight excluding hydrogens is 360 g/mol. The highest BCUT2D eigenvalue weighted by Crippen LogP contribution is 2.28. The van der Waals surface area contributed by atoms with Gasteiger partial charge in [-0.2, -0.15) is 0 Å². The van der Waals surface area contributed by atoms with E-state index in [1.54, 1.807) is 0 Å². The number of oxazole rings is 1. The summed E-state index contributed by atoms with van der Waals surface area (Å²) in [4.78, 5) is 17.1. The number of carbonyl (C=O) groups is 1. The lowest BCUT2D eigenvalue weighted by Gasteiger charge is -2.07. The van der Waals surface area contributed by atoms with Gasteiger partial charge in [0.1, 0.15) is 5.52 Å². The van der Waals surface area contributed by atoms with E-state index in [1.165, 1.54) is 5.56 Å². The zero-order valence-electron chi connectivity index (χ0n) is 16.9. The predicted molar refractivity (Wildman–Crippen MR) is 117 cm³/mol. The number of amides is 1. The fraction of sp³-hybridized carbons (Fsp3) is 0.200. The summed E-state index contributed by atoms with van der Waals surface area (Å²) in [5.41, 5.74) is 6.16. The van der Waals surface area contributed by atoms with E-state index in [1.807, 2.05) is 61.5 Å². The van der Waals surface area contributed by atoms with E-state index in [0.717, 1.165) is 34.3 Å². The number of nitrogens with one attached hydrogen (secondary N) is 1. The van der Waals surface area contributed by atoms with Crippen LogP contribution in [0, 0.1) is 6.92 Å². The molecule has 0 aliphatic carbocycles. The fourth-order valence-electron chi connectivity index (χ4n) is 3.33. The van der Waals surface area contributed by atoms with Crippen molar-refractivity contribution in [3.8, 4) is 11.5 Å². The maximum Gasteiger partial charge on any atom is 0.255 e. The number of fused-ring (bicyclic) bond motifs is 1. The van der Waals surface area contributed by atoms with E-state index < -0.39 is 0 Å². The minimum atomic E-state index is -0.115. The van der Waals surface area contributed by atoms with Gasteiger partial charge in [0, 0.05) is 16.8 Å². The SMILES string of the molecule is CCC(C)c1ccc2oc(-c3ccc(NC(=O)c4ccccc4C)cc3)nc2c1. The van der Waals surface area contributed by atoms with E-state index in [2.05, 4.69) is 36.3 Å². The van der Waals surface area contributed by atoms with Crippen LogP contribution in [-0.2, 0) is 0 Å². The lowest BCUT2D eigenvalue weighted by Crippen LogP contribution is -2.13. The molecule has 0 fully saturated rings. The average Bonchev–Trinajstić information content (AvgIpc) is 3.17. The molecule has 1 N–H and O–H groups in total. The van der Waals surface area contributed by atoms with Crippen molar-refractivity contribution in [3.05, 3.63) is 83.4 Å². The first-order valence-electron chi connectivity index (χ1n) is 9.93. The Morgan fingerprint density at radius 1 is 1.07 bits per heavy atom. The molecule has 0 aliphatic rings. The lowest BCUT2D eigenvalue weighted by atomic mass is 9.98. The Labute approximate surface area is 170 Å². The summed E-state index contributed by atoms with van der Waals surface area (Å²) in [5.74, 6) is 0.962. The molecule has 1 unspecified atom stereocenters. The molecule has 4 heteroatoms. The third kappa shape index (κ3) is 3.92. The zero-order valence-corrected chi connectivity index (χ0v) is 16.9. The first kappa shape index (κ1) is 18.9. The molecule has 0 saturated heterocycles. The van der Waals surface area contributed by atoms with E-state index in [9.17, 15) is 4.79 Å². The van der Waals surface area contributed by atoms with Gasteiger partial charge in [-0.25, -0.2) is 4.98 Å². The first-order chi connectivity index (χ1) is 14.0. The highest BCUT2D eigenvalue weighted by atomic mass is 16.3. The van der Waals surface area contributed by atoms with Crippen LogP contribution >= 0.6 is 0 Å². The molecular formula is C25H24N2O2. The van der Waals surface area contributed by atoms with Crippen LogP contribution < -0.4 is 5.32 Å². The predicted octanol–water partition coefficient (Wildman–Crippen LogP) is 6.57. The van der Waals surface area contributed by atoms with Crippen molar-refractivity contribution in [2.75, 3.05) is 5.32 Å². The summed E-state index contributed by atoms with van der Waals surface area (Å²) in [6, 6.07) is 21.3. The summed E-state index contributed by atoms with van der Waals surface area (Å²) in [5, 5.41) is 2.94. The molecule has 4 aromatic rings. The second kappa shape index (κ2) is 7.92. The first-order valence-corrected chi connectivity index (χ1v) is 9.93. The molecule has 4 nitrogen and oxygen atoms in total. The minimum Gasteiger partial charge on any atom is -0.436 e. The Kier molecular flexibility index (Phi) is 5.17.